The fraction of sp³-hybridized carbons (Fsp3) is 0.222. The van der Waals surface area contributed by atoms with Gasteiger partial charge < -0.3 is 5.32 Å². The summed E-state index contributed by atoms with van der Waals surface area (Å²) in [6.07, 6.45) is 0.497. The zero-order valence-electron chi connectivity index (χ0n) is 12.3. The number of hydrogen-bond acceptors (Lipinski definition) is 2. The maximum Gasteiger partial charge on any atom is 0.232 e. The Labute approximate surface area is 132 Å². The molecule has 1 aliphatic heterocycles. The number of ketones is 1. The molecule has 1 aliphatic rings. The molecule has 118 valence electrons. The standard InChI is InChI=1S/C18H15F2NO2/c19-14-5-1-12(2-6-14)16(22)9-10-18(11-21-17(18)23)13-3-7-15(20)8-4-13/h1-8H,9-11H2,(H,21,23). The average molecular weight is 315 g/mol. The normalized spacial score (nSPS) is 19.8. The smallest absolute Gasteiger partial charge is 0.232 e. The number of benzene rings is 2. The number of β-lactam (4-membered cyclic amide) rings is 1. The van der Waals surface area contributed by atoms with Gasteiger partial charge in [0.2, 0.25) is 5.91 Å². The van der Waals surface area contributed by atoms with Gasteiger partial charge in [-0.1, -0.05) is 12.1 Å². The molecule has 0 spiro atoms. The van der Waals surface area contributed by atoms with Crippen molar-refractivity contribution >= 4 is 11.7 Å². The van der Waals surface area contributed by atoms with E-state index in [-0.39, 0.29) is 23.9 Å². The molecular formula is C18H15F2NO2. The highest BCUT2D eigenvalue weighted by Gasteiger charge is 2.47. The monoisotopic (exact) mass is 315 g/mol. The van der Waals surface area contributed by atoms with Gasteiger partial charge in [0.25, 0.3) is 0 Å². The second kappa shape index (κ2) is 5.91. The zero-order valence-corrected chi connectivity index (χ0v) is 12.3. The van der Waals surface area contributed by atoms with Gasteiger partial charge in [-0.05, 0) is 48.4 Å². The van der Waals surface area contributed by atoms with Crippen LogP contribution in [0.25, 0.3) is 0 Å². The minimum absolute atomic E-state index is 0.147. The predicted molar refractivity (Wildman–Crippen MR) is 81.1 cm³/mol. The summed E-state index contributed by atoms with van der Waals surface area (Å²) in [5.74, 6) is -1.07. The second-order valence-electron chi connectivity index (χ2n) is 5.70. The van der Waals surface area contributed by atoms with Crippen molar-refractivity contribution in [3.8, 4) is 0 Å². The lowest BCUT2D eigenvalue weighted by Gasteiger charge is -2.41. The molecule has 1 saturated heterocycles. The fourth-order valence-corrected chi connectivity index (χ4v) is 2.83. The van der Waals surface area contributed by atoms with Gasteiger partial charge >= 0.3 is 0 Å². The number of carbonyl (C=O) groups is 2. The predicted octanol–water partition coefficient (Wildman–Crippen LogP) is 3.00. The fourth-order valence-electron chi connectivity index (χ4n) is 2.83. The van der Waals surface area contributed by atoms with Gasteiger partial charge in [0.05, 0.1) is 5.41 Å². The first-order valence-corrected chi connectivity index (χ1v) is 7.34. The number of carbonyl (C=O) groups excluding carboxylic acids is 2. The van der Waals surface area contributed by atoms with E-state index in [0.29, 0.717) is 24.1 Å². The van der Waals surface area contributed by atoms with Crippen LogP contribution >= 0.6 is 0 Å². The Morgan fingerprint density at radius 2 is 1.57 bits per heavy atom. The molecule has 3 rings (SSSR count). The van der Waals surface area contributed by atoms with E-state index in [1.165, 1.54) is 36.4 Å². The Morgan fingerprint density at radius 1 is 1.00 bits per heavy atom. The van der Waals surface area contributed by atoms with Gasteiger partial charge in [0.15, 0.2) is 5.78 Å². The summed E-state index contributed by atoms with van der Waals surface area (Å²) in [5, 5.41) is 2.69. The van der Waals surface area contributed by atoms with Crippen LogP contribution in [-0.4, -0.2) is 18.2 Å². The molecule has 5 heteroatoms. The Bertz CT molecular complexity index is 741. The number of Topliss-reactive ketones (excluding diaryl/α,β-unsaturated/α-hetero) is 1. The molecule has 1 atom stereocenters. The molecule has 0 aromatic heterocycles. The van der Waals surface area contributed by atoms with E-state index in [4.69, 9.17) is 0 Å². The maximum absolute atomic E-state index is 13.1. The van der Waals surface area contributed by atoms with Gasteiger partial charge in [-0.15, -0.1) is 0 Å². The van der Waals surface area contributed by atoms with Crippen LogP contribution in [0.2, 0.25) is 0 Å². The molecule has 2 aromatic carbocycles. The van der Waals surface area contributed by atoms with Gasteiger partial charge in [-0.3, -0.25) is 9.59 Å². The summed E-state index contributed by atoms with van der Waals surface area (Å²) in [5.41, 5.74) is 0.332. The molecule has 2 aromatic rings. The Kier molecular flexibility index (Phi) is 3.94. The van der Waals surface area contributed by atoms with E-state index in [0.717, 1.165) is 0 Å². The van der Waals surface area contributed by atoms with E-state index in [9.17, 15) is 18.4 Å². The SMILES string of the molecule is O=C(CCC1(c2ccc(F)cc2)CNC1=O)c1ccc(F)cc1. The van der Waals surface area contributed by atoms with E-state index >= 15 is 0 Å². The number of nitrogens with one attached hydrogen (secondary N) is 1. The molecule has 1 N–H and O–H groups in total. The molecule has 1 unspecified atom stereocenters. The van der Waals surface area contributed by atoms with Crippen molar-refractivity contribution in [3.05, 3.63) is 71.3 Å². The van der Waals surface area contributed by atoms with Crippen LogP contribution in [0.15, 0.2) is 48.5 Å². The molecule has 0 radical (unpaired) electrons. The van der Waals surface area contributed by atoms with Gasteiger partial charge in [-0.25, -0.2) is 8.78 Å². The minimum atomic E-state index is -0.788. The Hall–Kier alpha value is -2.56. The molecule has 0 aliphatic carbocycles. The number of rotatable bonds is 5. The van der Waals surface area contributed by atoms with Gasteiger partial charge in [0.1, 0.15) is 11.6 Å². The highest BCUT2D eigenvalue weighted by atomic mass is 19.1. The molecule has 0 bridgehead atoms. The quantitative estimate of drug-likeness (QED) is 0.681. The van der Waals surface area contributed by atoms with Crippen molar-refractivity contribution in [2.24, 2.45) is 0 Å². The lowest BCUT2D eigenvalue weighted by Crippen LogP contribution is -2.62. The van der Waals surface area contributed by atoms with E-state index < -0.39 is 11.2 Å². The summed E-state index contributed by atoms with van der Waals surface area (Å²) in [4.78, 5) is 24.3. The van der Waals surface area contributed by atoms with Crippen LogP contribution in [0.4, 0.5) is 8.78 Å². The average Bonchev–Trinajstić information content (AvgIpc) is 2.56. The van der Waals surface area contributed by atoms with Crippen LogP contribution in [0.5, 0.6) is 0 Å². The third-order valence-electron chi connectivity index (χ3n) is 4.33. The number of halogens is 2. The Morgan fingerprint density at radius 3 is 2.04 bits per heavy atom. The third kappa shape index (κ3) is 2.86. The van der Waals surface area contributed by atoms with Crippen LogP contribution < -0.4 is 5.32 Å². The van der Waals surface area contributed by atoms with Crippen molar-refractivity contribution in [2.75, 3.05) is 6.54 Å². The van der Waals surface area contributed by atoms with Crippen molar-refractivity contribution in [3.63, 3.8) is 0 Å². The molecular weight excluding hydrogens is 300 g/mol. The van der Waals surface area contributed by atoms with Crippen LogP contribution in [-0.2, 0) is 10.2 Å². The largest absolute Gasteiger partial charge is 0.354 e. The summed E-state index contributed by atoms with van der Waals surface area (Å²) >= 11 is 0. The van der Waals surface area contributed by atoms with Gasteiger partial charge in [-0.2, -0.15) is 0 Å². The molecule has 1 heterocycles. The van der Waals surface area contributed by atoms with Crippen molar-refractivity contribution in [2.45, 2.75) is 18.3 Å². The number of hydrogen-bond donors (Lipinski definition) is 1. The van der Waals surface area contributed by atoms with Crippen molar-refractivity contribution in [1.82, 2.24) is 5.32 Å². The Balaban J connectivity index is 1.76. The van der Waals surface area contributed by atoms with E-state index in [1.54, 1.807) is 12.1 Å². The first-order valence-electron chi connectivity index (χ1n) is 7.34. The van der Waals surface area contributed by atoms with E-state index in [1.807, 2.05) is 0 Å². The zero-order chi connectivity index (χ0) is 16.4. The minimum Gasteiger partial charge on any atom is -0.354 e. The first kappa shape index (κ1) is 15.3. The van der Waals surface area contributed by atoms with Gasteiger partial charge in [0, 0.05) is 18.5 Å². The third-order valence-corrected chi connectivity index (χ3v) is 4.33. The summed E-state index contributed by atoms with van der Waals surface area (Å²) < 4.78 is 26.0. The summed E-state index contributed by atoms with van der Waals surface area (Å²) in [6.45, 7) is 0.425. The van der Waals surface area contributed by atoms with E-state index in [2.05, 4.69) is 5.32 Å². The van der Waals surface area contributed by atoms with Crippen LogP contribution in [0, 0.1) is 11.6 Å². The van der Waals surface area contributed by atoms with Crippen molar-refractivity contribution < 1.29 is 18.4 Å². The van der Waals surface area contributed by atoms with Crippen molar-refractivity contribution in [1.29, 1.82) is 0 Å². The second-order valence-corrected chi connectivity index (χ2v) is 5.70. The first-order chi connectivity index (χ1) is 11.0. The van der Waals surface area contributed by atoms with Crippen LogP contribution in [0.1, 0.15) is 28.8 Å². The molecule has 1 fully saturated rings. The van der Waals surface area contributed by atoms with Crippen LogP contribution in [0.3, 0.4) is 0 Å². The molecule has 3 nitrogen and oxygen atoms in total. The topological polar surface area (TPSA) is 46.2 Å². The maximum atomic E-state index is 13.1. The lowest BCUT2D eigenvalue weighted by molar-refractivity contribution is -0.134. The highest BCUT2D eigenvalue weighted by Crippen LogP contribution is 2.35. The summed E-state index contributed by atoms with van der Waals surface area (Å²) in [6, 6.07) is 11.1. The molecule has 1 amide bonds. The molecule has 23 heavy (non-hydrogen) atoms. The summed E-state index contributed by atoms with van der Waals surface area (Å²) in [7, 11) is 0. The highest BCUT2D eigenvalue weighted by molar-refractivity contribution is 5.98. The lowest BCUT2D eigenvalue weighted by atomic mass is 9.70. The number of amides is 1. The molecule has 0 saturated carbocycles.